The summed E-state index contributed by atoms with van der Waals surface area (Å²) in [6.45, 7) is 4.19. The topological polar surface area (TPSA) is 74.8 Å². The molecular weight excluding hydrogens is 362 g/mol. The Morgan fingerprint density at radius 2 is 1.89 bits per heavy atom. The highest BCUT2D eigenvalue weighted by atomic mass is 35.5. The lowest BCUT2D eigenvalue weighted by Crippen LogP contribution is -2.24. The Kier molecular flexibility index (Phi) is 5.72. The molecule has 1 unspecified atom stereocenters. The van der Waals surface area contributed by atoms with Crippen LogP contribution in [0.2, 0.25) is 5.02 Å². The van der Waals surface area contributed by atoms with Crippen molar-refractivity contribution in [2.24, 2.45) is 0 Å². The van der Waals surface area contributed by atoms with E-state index in [4.69, 9.17) is 11.6 Å². The molecule has 1 atom stereocenters. The lowest BCUT2D eigenvalue weighted by atomic mass is 9.97. The second-order valence-corrected chi connectivity index (χ2v) is 6.77. The van der Waals surface area contributed by atoms with Gasteiger partial charge in [-0.3, -0.25) is 9.59 Å². The highest BCUT2D eigenvalue weighted by Crippen LogP contribution is 2.26. The molecule has 1 aromatic heterocycles. The summed E-state index contributed by atoms with van der Waals surface area (Å²) in [5, 5.41) is 3.43. The molecule has 2 N–H and O–H groups in total. The van der Waals surface area contributed by atoms with Crippen LogP contribution in [0.5, 0.6) is 0 Å². The number of para-hydroxylation sites is 1. The van der Waals surface area contributed by atoms with E-state index in [-0.39, 0.29) is 5.56 Å². The Hall–Kier alpha value is -2.92. The van der Waals surface area contributed by atoms with Gasteiger partial charge in [-0.2, -0.15) is 0 Å². The maximum absolute atomic E-state index is 12.6. The van der Waals surface area contributed by atoms with Crippen LogP contribution in [0.1, 0.15) is 42.1 Å². The average Bonchev–Trinajstić information content (AvgIpc) is 2.68. The summed E-state index contributed by atoms with van der Waals surface area (Å²) < 4.78 is 0. The fourth-order valence-corrected chi connectivity index (χ4v) is 2.89. The van der Waals surface area contributed by atoms with Crippen molar-refractivity contribution in [1.29, 1.82) is 0 Å². The molecule has 138 valence electrons. The zero-order chi connectivity index (χ0) is 19.4. The number of rotatable bonds is 5. The molecule has 0 saturated heterocycles. The van der Waals surface area contributed by atoms with Gasteiger partial charge in [0, 0.05) is 22.5 Å². The van der Waals surface area contributed by atoms with E-state index in [1.54, 1.807) is 24.3 Å². The van der Waals surface area contributed by atoms with Gasteiger partial charge in [-0.15, -0.1) is 0 Å². The molecule has 0 radical (unpaired) electrons. The molecule has 0 fully saturated rings. The number of benzene rings is 2. The van der Waals surface area contributed by atoms with Crippen LogP contribution in [0.3, 0.4) is 0 Å². The minimum Gasteiger partial charge on any atom is -0.322 e. The van der Waals surface area contributed by atoms with E-state index in [2.05, 4.69) is 29.1 Å². The summed E-state index contributed by atoms with van der Waals surface area (Å²) in [4.78, 5) is 31.9. The third-order valence-electron chi connectivity index (χ3n) is 4.51. The summed E-state index contributed by atoms with van der Waals surface area (Å²) in [5.41, 5.74) is 1.93. The summed E-state index contributed by atoms with van der Waals surface area (Å²) in [7, 11) is 0. The Labute approximate surface area is 162 Å². The SMILES string of the molecule is CCC(C)c1ccccc1NC(=O)c1cnc(-c2ccc(Cl)cc2)[nH]c1=O. The number of carbonyl (C=O) groups excluding carboxylic acids is 1. The van der Waals surface area contributed by atoms with E-state index in [1.165, 1.54) is 6.20 Å². The predicted molar refractivity (Wildman–Crippen MR) is 108 cm³/mol. The van der Waals surface area contributed by atoms with Crippen molar-refractivity contribution in [2.45, 2.75) is 26.2 Å². The number of amides is 1. The first-order valence-corrected chi connectivity index (χ1v) is 9.13. The monoisotopic (exact) mass is 381 g/mol. The fourth-order valence-electron chi connectivity index (χ4n) is 2.76. The average molecular weight is 382 g/mol. The number of aromatic amines is 1. The van der Waals surface area contributed by atoms with E-state index in [0.29, 0.717) is 28.0 Å². The van der Waals surface area contributed by atoms with Crippen LogP contribution in [-0.2, 0) is 0 Å². The first-order chi connectivity index (χ1) is 13.0. The van der Waals surface area contributed by atoms with Gasteiger partial charge in [0.1, 0.15) is 11.4 Å². The largest absolute Gasteiger partial charge is 0.322 e. The van der Waals surface area contributed by atoms with Crippen LogP contribution in [0.15, 0.2) is 59.5 Å². The minimum atomic E-state index is -0.492. The first-order valence-electron chi connectivity index (χ1n) is 8.75. The van der Waals surface area contributed by atoms with Crippen molar-refractivity contribution in [3.8, 4) is 11.4 Å². The van der Waals surface area contributed by atoms with Crippen molar-refractivity contribution in [2.75, 3.05) is 5.32 Å². The van der Waals surface area contributed by atoms with E-state index in [0.717, 1.165) is 12.0 Å². The molecule has 6 heteroatoms. The number of aromatic nitrogens is 2. The zero-order valence-electron chi connectivity index (χ0n) is 15.1. The Bertz CT molecular complexity index is 1010. The number of nitrogens with zero attached hydrogens (tertiary/aromatic N) is 1. The lowest BCUT2D eigenvalue weighted by Gasteiger charge is -2.15. The smallest absolute Gasteiger partial charge is 0.264 e. The molecule has 3 aromatic rings. The molecule has 0 bridgehead atoms. The van der Waals surface area contributed by atoms with Crippen LogP contribution in [0.4, 0.5) is 5.69 Å². The van der Waals surface area contributed by atoms with Crippen molar-refractivity contribution < 1.29 is 4.79 Å². The zero-order valence-corrected chi connectivity index (χ0v) is 15.9. The number of carbonyl (C=O) groups is 1. The molecule has 1 amide bonds. The summed E-state index contributed by atoms with van der Waals surface area (Å²) in [6.07, 6.45) is 2.24. The van der Waals surface area contributed by atoms with Crippen LogP contribution in [0.25, 0.3) is 11.4 Å². The highest BCUT2D eigenvalue weighted by molar-refractivity contribution is 6.30. The third-order valence-corrected chi connectivity index (χ3v) is 4.77. The van der Waals surface area contributed by atoms with Gasteiger partial charge >= 0.3 is 0 Å². The second kappa shape index (κ2) is 8.18. The molecule has 0 aliphatic rings. The van der Waals surface area contributed by atoms with Crippen LogP contribution >= 0.6 is 11.6 Å². The molecule has 27 heavy (non-hydrogen) atoms. The highest BCUT2D eigenvalue weighted by Gasteiger charge is 2.16. The molecule has 0 aliphatic carbocycles. The molecule has 5 nitrogen and oxygen atoms in total. The Balaban J connectivity index is 1.86. The van der Waals surface area contributed by atoms with E-state index in [1.807, 2.05) is 24.3 Å². The van der Waals surface area contributed by atoms with Crippen LogP contribution in [0, 0.1) is 0 Å². The molecule has 0 spiro atoms. The Morgan fingerprint density at radius 1 is 1.19 bits per heavy atom. The van der Waals surface area contributed by atoms with Gasteiger partial charge in [-0.1, -0.05) is 43.6 Å². The normalized spacial score (nSPS) is 11.8. The van der Waals surface area contributed by atoms with Gasteiger partial charge < -0.3 is 10.3 Å². The quantitative estimate of drug-likeness (QED) is 0.662. The third kappa shape index (κ3) is 4.26. The van der Waals surface area contributed by atoms with Gasteiger partial charge in [0.15, 0.2) is 0 Å². The summed E-state index contributed by atoms with van der Waals surface area (Å²) in [6, 6.07) is 14.5. The fraction of sp³-hybridized carbons (Fsp3) is 0.190. The maximum atomic E-state index is 12.6. The van der Waals surface area contributed by atoms with Gasteiger partial charge in [-0.05, 0) is 48.2 Å². The number of H-pyrrole nitrogens is 1. The Morgan fingerprint density at radius 3 is 2.56 bits per heavy atom. The van der Waals surface area contributed by atoms with Gasteiger partial charge in [0.25, 0.3) is 11.5 Å². The number of nitrogens with one attached hydrogen (secondary N) is 2. The predicted octanol–water partition coefficient (Wildman–Crippen LogP) is 4.86. The maximum Gasteiger partial charge on any atom is 0.264 e. The van der Waals surface area contributed by atoms with Crippen molar-refractivity contribution in [3.63, 3.8) is 0 Å². The number of halogens is 1. The van der Waals surface area contributed by atoms with Crippen molar-refractivity contribution in [1.82, 2.24) is 9.97 Å². The summed E-state index contributed by atoms with van der Waals surface area (Å²) >= 11 is 5.87. The molecule has 0 saturated carbocycles. The van der Waals surface area contributed by atoms with Gasteiger partial charge in [0.05, 0.1) is 0 Å². The standard InChI is InChI=1S/C21H20ClN3O2/c1-3-13(2)16-6-4-5-7-18(16)24-20(26)17-12-23-19(25-21(17)27)14-8-10-15(22)11-9-14/h4-13H,3H2,1-2H3,(H,24,26)(H,23,25,27). The van der Waals surface area contributed by atoms with Gasteiger partial charge in [0.2, 0.25) is 0 Å². The molecule has 2 aromatic carbocycles. The number of hydrogen-bond acceptors (Lipinski definition) is 3. The first kappa shape index (κ1) is 18.9. The molecule has 1 heterocycles. The lowest BCUT2D eigenvalue weighted by molar-refractivity contribution is 0.102. The van der Waals surface area contributed by atoms with E-state index >= 15 is 0 Å². The van der Waals surface area contributed by atoms with Crippen molar-refractivity contribution in [3.05, 3.63) is 81.2 Å². The van der Waals surface area contributed by atoms with Crippen molar-refractivity contribution >= 4 is 23.2 Å². The summed E-state index contributed by atoms with van der Waals surface area (Å²) in [5.74, 6) is 0.195. The molecular formula is C21H20ClN3O2. The number of hydrogen-bond donors (Lipinski definition) is 2. The van der Waals surface area contributed by atoms with E-state index < -0.39 is 11.5 Å². The minimum absolute atomic E-state index is 0.0355. The van der Waals surface area contributed by atoms with Gasteiger partial charge in [-0.25, -0.2) is 4.98 Å². The molecule has 3 rings (SSSR count). The number of anilines is 1. The van der Waals surface area contributed by atoms with Crippen LogP contribution < -0.4 is 10.9 Å². The van der Waals surface area contributed by atoms with Crippen LogP contribution in [-0.4, -0.2) is 15.9 Å². The second-order valence-electron chi connectivity index (χ2n) is 6.33. The molecule has 0 aliphatic heterocycles. The van der Waals surface area contributed by atoms with E-state index in [9.17, 15) is 9.59 Å².